The van der Waals surface area contributed by atoms with Crippen molar-refractivity contribution in [3.05, 3.63) is 45.7 Å². The number of rotatable bonds is 3. The predicted molar refractivity (Wildman–Crippen MR) is 97.3 cm³/mol. The molecular weight excluding hydrogens is 372 g/mol. The molecule has 3 aromatic heterocycles. The molecule has 1 amide bonds. The van der Waals surface area contributed by atoms with Crippen LogP contribution in [-0.4, -0.2) is 43.5 Å². The van der Waals surface area contributed by atoms with Crippen LogP contribution >= 0.6 is 11.3 Å². The number of likely N-dealkylation sites (tertiary alicyclic amines) is 1. The Morgan fingerprint density at radius 3 is 2.89 bits per heavy atom. The summed E-state index contributed by atoms with van der Waals surface area (Å²) in [5, 5.41) is 6.12. The van der Waals surface area contributed by atoms with Gasteiger partial charge >= 0.3 is 0 Å². The normalized spacial score (nSPS) is 20.6. The molecule has 9 heteroatoms. The second-order valence-corrected chi connectivity index (χ2v) is 8.13. The molecule has 1 atom stereocenters. The SMILES string of the molecule is Cc1csc(C(=O)N2CCC[C@](C)(c3cc(C(F)F)nc4ncnn34)C2)c1. The third-order valence-corrected chi connectivity index (χ3v) is 6.07. The van der Waals surface area contributed by atoms with Gasteiger partial charge in [0.15, 0.2) is 0 Å². The highest BCUT2D eigenvalue weighted by Gasteiger charge is 2.38. The number of hydrogen-bond donors (Lipinski definition) is 0. The number of thiophene rings is 1. The van der Waals surface area contributed by atoms with Gasteiger partial charge in [-0.3, -0.25) is 4.79 Å². The summed E-state index contributed by atoms with van der Waals surface area (Å²) in [7, 11) is 0. The molecular formula is C18H19F2N5OS. The lowest BCUT2D eigenvalue weighted by Gasteiger charge is -2.40. The highest BCUT2D eigenvalue weighted by Crippen LogP contribution is 2.35. The Hall–Kier alpha value is -2.42. The van der Waals surface area contributed by atoms with E-state index in [1.54, 1.807) is 4.90 Å². The fourth-order valence-corrected chi connectivity index (χ4v) is 4.56. The minimum atomic E-state index is -2.69. The Bertz CT molecular complexity index is 1000. The van der Waals surface area contributed by atoms with Crippen molar-refractivity contribution in [3.63, 3.8) is 0 Å². The fraction of sp³-hybridized carbons (Fsp3) is 0.444. The molecule has 1 fully saturated rings. The van der Waals surface area contributed by atoms with E-state index in [1.807, 2.05) is 25.3 Å². The Morgan fingerprint density at radius 2 is 2.19 bits per heavy atom. The van der Waals surface area contributed by atoms with Gasteiger partial charge in [-0.2, -0.15) is 10.1 Å². The van der Waals surface area contributed by atoms with E-state index in [0.29, 0.717) is 23.7 Å². The standard InChI is InChI=1S/C18H19F2N5OS/c1-11-6-13(27-8-11)16(26)24-5-3-4-18(2,9-24)14-7-12(15(19)20)23-17-21-10-22-25(14)17/h6-8,10,15H,3-5,9H2,1-2H3/t18-/m0/s1. The number of amides is 1. The third kappa shape index (κ3) is 3.20. The zero-order valence-electron chi connectivity index (χ0n) is 15.0. The van der Waals surface area contributed by atoms with Crippen molar-refractivity contribution in [2.75, 3.05) is 13.1 Å². The smallest absolute Gasteiger partial charge is 0.280 e. The molecule has 0 radical (unpaired) electrons. The molecule has 0 bridgehead atoms. The molecule has 0 N–H and O–H groups in total. The van der Waals surface area contributed by atoms with Crippen LogP contribution in [0.3, 0.4) is 0 Å². The van der Waals surface area contributed by atoms with Crippen LogP contribution in [0.25, 0.3) is 5.78 Å². The minimum absolute atomic E-state index is 0.0167. The van der Waals surface area contributed by atoms with E-state index in [9.17, 15) is 13.6 Å². The van der Waals surface area contributed by atoms with Crippen molar-refractivity contribution in [1.82, 2.24) is 24.5 Å². The second kappa shape index (κ2) is 6.63. The number of hydrogen-bond acceptors (Lipinski definition) is 5. The Labute approximate surface area is 158 Å². The summed E-state index contributed by atoms with van der Waals surface area (Å²) in [5.41, 5.74) is 0.839. The van der Waals surface area contributed by atoms with Crippen LogP contribution in [0.5, 0.6) is 0 Å². The van der Waals surface area contributed by atoms with Gasteiger partial charge in [-0.25, -0.2) is 18.3 Å². The number of piperidine rings is 1. The fourth-order valence-electron chi connectivity index (χ4n) is 3.69. The lowest BCUT2D eigenvalue weighted by atomic mass is 9.78. The third-order valence-electron chi connectivity index (χ3n) is 5.04. The van der Waals surface area contributed by atoms with E-state index < -0.39 is 11.8 Å². The van der Waals surface area contributed by atoms with Crippen LogP contribution < -0.4 is 0 Å². The van der Waals surface area contributed by atoms with Gasteiger partial charge in [0.2, 0.25) is 0 Å². The molecule has 1 aliphatic heterocycles. The number of aromatic nitrogens is 4. The number of carbonyl (C=O) groups excluding carboxylic acids is 1. The maximum absolute atomic E-state index is 13.3. The number of aryl methyl sites for hydroxylation is 1. The number of alkyl halides is 2. The molecule has 0 spiro atoms. The summed E-state index contributed by atoms with van der Waals surface area (Å²) in [5.74, 6) is 0.137. The van der Waals surface area contributed by atoms with E-state index in [0.717, 1.165) is 18.4 Å². The summed E-state index contributed by atoms with van der Waals surface area (Å²) in [6, 6.07) is 3.28. The first-order valence-corrected chi connectivity index (χ1v) is 9.59. The number of halogens is 2. The van der Waals surface area contributed by atoms with Crippen molar-refractivity contribution in [3.8, 4) is 0 Å². The molecule has 0 unspecified atom stereocenters. The molecule has 0 aromatic carbocycles. The summed E-state index contributed by atoms with van der Waals surface area (Å²) in [4.78, 5) is 23.3. The zero-order valence-corrected chi connectivity index (χ0v) is 15.8. The molecule has 3 aromatic rings. The second-order valence-electron chi connectivity index (χ2n) is 7.22. The molecule has 0 aliphatic carbocycles. The van der Waals surface area contributed by atoms with Gasteiger partial charge in [-0.15, -0.1) is 11.3 Å². The van der Waals surface area contributed by atoms with E-state index >= 15 is 0 Å². The molecule has 27 heavy (non-hydrogen) atoms. The van der Waals surface area contributed by atoms with E-state index in [-0.39, 0.29) is 17.4 Å². The number of nitrogens with zero attached hydrogens (tertiary/aromatic N) is 5. The summed E-state index contributed by atoms with van der Waals surface area (Å²) < 4.78 is 28.1. The van der Waals surface area contributed by atoms with Crippen molar-refractivity contribution < 1.29 is 13.6 Å². The summed E-state index contributed by atoms with van der Waals surface area (Å²) in [6.07, 6.45) is 0.172. The van der Waals surface area contributed by atoms with Crippen LogP contribution in [0.4, 0.5) is 8.78 Å². The average molecular weight is 391 g/mol. The van der Waals surface area contributed by atoms with Gasteiger partial charge in [0, 0.05) is 18.5 Å². The Morgan fingerprint density at radius 1 is 1.37 bits per heavy atom. The lowest BCUT2D eigenvalue weighted by Crippen LogP contribution is -2.47. The lowest BCUT2D eigenvalue weighted by molar-refractivity contribution is 0.0649. The first kappa shape index (κ1) is 18.0. The van der Waals surface area contributed by atoms with E-state index in [4.69, 9.17) is 0 Å². The van der Waals surface area contributed by atoms with Crippen molar-refractivity contribution in [2.45, 2.75) is 38.5 Å². The maximum Gasteiger partial charge on any atom is 0.280 e. The van der Waals surface area contributed by atoms with Crippen molar-refractivity contribution in [2.24, 2.45) is 0 Å². The summed E-state index contributed by atoms with van der Waals surface area (Å²) in [6.45, 7) is 5.03. The van der Waals surface area contributed by atoms with E-state index in [2.05, 4.69) is 15.1 Å². The van der Waals surface area contributed by atoms with Crippen molar-refractivity contribution in [1.29, 1.82) is 0 Å². The van der Waals surface area contributed by atoms with Gasteiger partial charge in [0.05, 0.1) is 10.6 Å². The maximum atomic E-state index is 13.3. The molecule has 4 heterocycles. The van der Waals surface area contributed by atoms with Crippen LogP contribution in [0.15, 0.2) is 23.8 Å². The highest BCUT2D eigenvalue weighted by atomic mass is 32.1. The first-order chi connectivity index (χ1) is 12.9. The molecule has 1 saturated heterocycles. The van der Waals surface area contributed by atoms with Crippen LogP contribution in [0.1, 0.15) is 52.8 Å². The highest BCUT2D eigenvalue weighted by molar-refractivity contribution is 7.12. The Balaban J connectivity index is 1.71. The topological polar surface area (TPSA) is 63.4 Å². The molecule has 4 rings (SSSR count). The van der Waals surface area contributed by atoms with Gasteiger partial charge < -0.3 is 4.90 Å². The van der Waals surface area contributed by atoms with Gasteiger partial charge in [-0.1, -0.05) is 6.92 Å². The summed E-state index contributed by atoms with van der Waals surface area (Å²) >= 11 is 1.43. The quantitative estimate of drug-likeness (QED) is 0.684. The molecule has 142 valence electrons. The van der Waals surface area contributed by atoms with E-state index in [1.165, 1.54) is 28.2 Å². The molecule has 1 aliphatic rings. The molecule has 0 saturated carbocycles. The predicted octanol–water partition coefficient (Wildman–Crippen LogP) is 3.63. The average Bonchev–Trinajstić information content (AvgIpc) is 3.28. The molecule has 6 nitrogen and oxygen atoms in total. The van der Waals surface area contributed by atoms with Gasteiger partial charge in [-0.05, 0) is 42.8 Å². The van der Waals surface area contributed by atoms with Crippen LogP contribution in [-0.2, 0) is 5.41 Å². The van der Waals surface area contributed by atoms with Gasteiger partial charge in [0.25, 0.3) is 18.1 Å². The first-order valence-electron chi connectivity index (χ1n) is 8.71. The zero-order chi connectivity index (χ0) is 19.2. The minimum Gasteiger partial charge on any atom is -0.337 e. The van der Waals surface area contributed by atoms with Crippen LogP contribution in [0, 0.1) is 6.92 Å². The number of carbonyl (C=O) groups is 1. The van der Waals surface area contributed by atoms with Crippen molar-refractivity contribution >= 4 is 23.0 Å². The largest absolute Gasteiger partial charge is 0.337 e. The van der Waals surface area contributed by atoms with Gasteiger partial charge in [0.1, 0.15) is 12.0 Å². The monoisotopic (exact) mass is 391 g/mol. The number of fused-ring (bicyclic) bond motifs is 1. The Kier molecular flexibility index (Phi) is 4.41. The van der Waals surface area contributed by atoms with Crippen LogP contribution in [0.2, 0.25) is 0 Å².